The third-order valence-corrected chi connectivity index (χ3v) is 3.57. The molecule has 0 radical (unpaired) electrons. The Morgan fingerprint density at radius 2 is 2.25 bits per heavy atom. The van der Waals surface area contributed by atoms with E-state index in [0.717, 1.165) is 5.69 Å². The van der Waals surface area contributed by atoms with Crippen LogP contribution in [0.4, 0.5) is 0 Å². The summed E-state index contributed by atoms with van der Waals surface area (Å²) in [5.74, 6) is -0.206. The number of aromatic amines is 1. The number of nitrogens with zero attached hydrogens (tertiary/aromatic N) is 3. The molecule has 3 heterocycles. The maximum Gasteiger partial charge on any atom is 0.278 e. The van der Waals surface area contributed by atoms with Crippen molar-refractivity contribution in [1.29, 1.82) is 0 Å². The molecule has 1 N–H and O–H groups in total. The molecule has 2 aromatic heterocycles. The summed E-state index contributed by atoms with van der Waals surface area (Å²) in [7, 11) is 1.59. The van der Waals surface area contributed by atoms with E-state index < -0.39 is 0 Å². The Labute approximate surface area is 115 Å². The van der Waals surface area contributed by atoms with Gasteiger partial charge in [-0.3, -0.25) is 14.7 Å². The van der Waals surface area contributed by atoms with Crippen molar-refractivity contribution < 1.29 is 9.53 Å². The minimum atomic E-state index is -0.210. The highest BCUT2D eigenvalue weighted by atomic mass is 16.5. The third kappa shape index (κ3) is 1.74. The van der Waals surface area contributed by atoms with Crippen LogP contribution >= 0.6 is 0 Å². The number of ether oxygens (including phenoxy) is 1. The third-order valence-electron chi connectivity index (χ3n) is 3.57. The Balaban J connectivity index is 2.10. The van der Waals surface area contributed by atoms with Crippen LogP contribution in [-0.4, -0.2) is 45.2 Å². The van der Waals surface area contributed by atoms with Crippen molar-refractivity contribution in [3.8, 4) is 0 Å². The summed E-state index contributed by atoms with van der Waals surface area (Å²) < 4.78 is 6.45. The Morgan fingerprint density at radius 3 is 2.95 bits per heavy atom. The Hall–Kier alpha value is -2.15. The molecule has 0 saturated carbocycles. The molecule has 1 aliphatic rings. The molecule has 7 nitrogen and oxygen atoms in total. The number of aryl methyl sites for hydroxylation is 1. The zero-order valence-electron chi connectivity index (χ0n) is 11.6. The summed E-state index contributed by atoms with van der Waals surface area (Å²) in [6, 6.07) is 1.65. The van der Waals surface area contributed by atoms with Gasteiger partial charge in [0, 0.05) is 18.9 Å². The van der Waals surface area contributed by atoms with Crippen LogP contribution in [0.3, 0.4) is 0 Å². The van der Waals surface area contributed by atoms with Gasteiger partial charge in [-0.05, 0) is 13.8 Å². The molecular formula is C13H16N4O3. The second kappa shape index (κ2) is 4.45. The van der Waals surface area contributed by atoms with Gasteiger partial charge in [0.2, 0.25) is 0 Å². The average Bonchev–Trinajstić information content (AvgIpc) is 2.92. The van der Waals surface area contributed by atoms with Gasteiger partial charge in [-0.25, -0.2) is 9.50 Å². The molecule has 106 valence electrons. The Kier molecular flexibility index (Phi) is 2.86. The summed E-state index contributed by atoms with van der Waals surface area (Å²) >= 11 is 0. The lowest BCUT2D eigenvalue weighted by atomic mass is 10.2. The molecule has 1 amide bonds. The van der Waals surface area contributed by atoms with Gasteiger partial charge in [-0.15, -0.1) is 0 Å². The highest BCUT2D eigenvalue weighted by Crippen LogP contribution is 2.21. The van der Waals surface area contributed by atoms with E-state index in [0.29, 0.717) is 17.8 Å². The van der Waals surface area contributed by atoms with Crippen LogP contribution < -0.4 is 5.56 Å². The number of nitrogens with one attached hydrogen (secondary N) is 1. The largest absolute Gasteiger partial charge is 0.383 e. The van der Waals surface area contributed by atoms with Crippen LogP contribution in [0.25, 0.3) is 5.65 Å². The summed E-state index contributed by atoms with van der Waals surface area (Å²) in [5, 5.41) is 2.93. The molecule has 1 aliphatic heterocycles. The number of H-pyrrole nitrogens is 1. The minimum absolute atomic E-state index is 0.0915. The van der Waals surface area contributed by atoms with Crippen molar-refractivity contribution in [2.24, 2.45) is 0 Å². The number of methoxy groups -OCH3 is 1. The predicted molar refractivity (Wildman–Crippen MR) is 71.8 cm³/mol. The van der Waals surface area contributed by atoms with Gasteiger partial charge in [0.05, 0.1) is 24.8 Å². The number of rotatable bonds is 3. The number of fused-ring (bicyclic) bond motifs is 2. The van der Waals surface area contributed by atoms with E-state index >= 15 is 0 Å². The van der Waals surface area contributed by atoms with Crippen LogP contribution in [0.1, 0.15) is 28.7 Å². The van der Waals surface area contributed by atoms with Crippen LogP contribution in [0.2, 0.25) is 0 Å². The number of carbonyl (C=O) groups is 1. The molecule has 0 bridgehead atoms. The van der Waals surface area contributed by atoms with Gasteiger partial charge < -0.3 is 9.64 Å². The highest BCUT2D eigenvalue weighted by molar-refractivity contribution is 5.97. The fraction of sp³-hybridized carbons (Fsp3) is 0.462. The summed E-state index contributed by atoms with van der Waals surface area (Å²) in [5.41, 5.74) is 1.80. The number of hydrogen-bond donors (Lipinski definition) is 1. The average molecular weight is 276 g/mol. The first-order chi connectivity index (χ1) is 9.52. The molecule has 2 aromatic rings. The second-order valence-corrected chi connectivity index (χ2v) is 5.11. The van der Waals surface area contributed by atoms with Gasteiger partial charge in [0.15, 0.2) is 5.65 Å². The Morgan fingerprint density at radius 1 is 1.50 bits per heavy atom. The number of hydrogen-bond acceptors (Lipinski definition) is 4. The van der Waals surface area contributed by atoms with E-state index in [1.807, 2.05) is 13.8 Å². The zero-order valence-corrected chi connectivity index (χ0v) is 11.6. The van der Waals surface area contributed by atoms with Gasteiger partial charge in [-0.1, -0.05) is 0 Å². The van der Waals surface area contributed by atoms with Crippen molar-refractivity contribution in [2.75, 3.05) is 13.7 Å². The second-order valence-electron chi connectivity index (χ2n) is 5.11. The zero-order chi connectivity index (χ0) is 14.4. The standard InChI is InChI=1S/C13H16N4O3/c1-7-4-10-14-11-9(12(18)17(10)15-7)5-16(13(11)19)8(2)6-20-3/h4,8,15H,5-6H2,1-3H3/t8-/m1/s1. The van der Waals surface area contributed by atoms with Crippen LogP contribution in [0, 0.1) is 6.92 Å². The molecule has 7 heteroatoms. The highest BCUT2D eigenvalue weighted by Gasteiger charge is 2.35. The van der Waals surface area contributed by atoms with E-state index in [2.05, 4.69) is 10.1 Å². The first-order valence-corrected chi connectivity index (χ1v) is 6.44. The monoisotopic (exact) mass is 276 g/mol. The van der Waals surface area contributed by atoms with Crippen molar-refractivity contribution in [3.63, 3.8) is 0 Å². The topological polar surface area (TPSA) is 79.7 Å². The number of carbonyl (C=O) groups excluding carboxylic acids is 1. The molecule has 0 aliphatic carbocycles. The lowest BCUT2D eigenvalue weighted by Gasteiger charge is -2.22. The van der Waals surface area contributed by atoms with Gasteiger partial charge >= 0.3 is 0 Å². The van der Waals surface area contributed by atoms with Crippen molar-refractivity contribution >= 4 is 11.6 Å². The first kappa shape index (κ1) is 12.9. The molecule has 20 heavy (non-hydrogen) atoms. The molecular weight excluding hydrogens is 260 g/mol. The molecule has 1 atom stereocenters. The summed E-state index contributed by atoms with van der Waals surface area (Å²) in [4.78, 5) is 30.7. The number of amides is 1. The summed E-state index contributed by atoms with van der Waals surface area (Å²) in [6.07, 6.45) is 0. The fourth-order valence-electron chi connectivity index (χ4n) is 2.56. The molecule has 0 unspecified atom stereocenters. The van der Waals surface area contributed by atoms with E-state index in [1.165, 1.54) is 4.52 Å². The van der Waals surface area contributed by atoms with Gasteiger partial charge in [-0.2, -0.15) is 0 Å². The molecule has 0 aromatic carbocycles. The van der Waals surface area contributed by atoms with E-state index in [1.54, 1.807) is 18.1 Å². The fourth-order valence-corrected chi connectivity index (χ4v) is 2.56. The smallest absolute Gasteiger partial charge is 0.278 e. The minimum Gasteiger partial charge on any atom is -0.383 e. The van der Waals surface area contributed by atoms with Crippen LogP contribution in [0.15, 0.2) is 10.9 Å². The SMILES string of the molecule is COC[C@@H](C)N1Cc2c(nc3cc(C)[nH]n3c2=O)C1=O. The Bertz CT molecular complexity index is 746. The lowest BCUT2D eigenvalue weighted by Crippen LogP contribution is -2.36. The maximum atomic E-state index is 12.4. The van der Waals surface area contributed by atoms with E-state index in [4.69, 9.17) is 4.74 Å². The lowest BCUT2D eigenvalue weighted by molar-refractivity contribution is 0.0584. The van der Waals surface area contributed by atoms with Crippen molar-refractivity contribution in [3.05, 3.63) is 33.4 Å². The first-order valence-electron chi connectivity index (χ1n) is 6.44. The maximum absolute atomic E-state index is 12.4. The van der Waals surface area contributed by atoms with Crippen LogP contribution in [-0.2, 0) is 11.3 Å². The normalized spacial score (nSPS) is 15.9. The molecule has 3 rings (SSSR count). The quantitative estimate of drug-likeness (QED) is 0.875. The molecule has 0 spiro atoms. The van der Waals surface area contributed by atoms with Crippen molar-refractivity contribution in [1.82, 2.24) is 19.5 Å². The molecule has 0 fully saturated rings. The molecule has 0 saturated heterocycles. The predicted octanol–water partition coefficient (Wildman–Crippen LogP) is 0.322. The van der Waals surface area contributed by atoms with Gasteiger partial charge in [0.25, 0.3) is 11.5 Å². The van der Waals surface area contributed by atoms with E-state index in [-0.39, 0.29) is 29.7 Å². The summed E-state index contributed by atoms with van der Waals surface area (Å²) in [6.45, 7) is 4.44. The van der Waals surface area contributed by atoms with Crippen LogP contribution in [0.5, 0.6) is 0 Å². The van der Waals surface area contributed by atoms with Gasteiger partial charge in [0.1, 0.15) is 5.69 Å². The van der Waals surface area contributed by atoms with Crippen molar-refractivity contribution in [2.45, 2.75) is 26.4 Å². The number of aromatic nitrogens is 3. The van der Waals surface area contributed by atoms with E-state index in [9.17, 15) is 9.59 Å².